The van der Waals surface area contributed by atoms with Gasteiger partial charge in [-0.3, -0.25) is 9.59 Å². The zero-order chi connectivity index (χ0) is 27.5. The first kappa shape index (κ1) is 27.6. The number of nitrogens with zero attached hydrogens (tertiary/aromatic N) is 1. The van der Waals surface area contributed by atoms with Gasteiger partial charge in [0.15, 0.2) is 23.1 Å². The molecule has 2 aromatic rings. The summed E-state index contributed by atoms with van der Waals surface area (Å²) in [6.45, 7) is 1.36. The Kier molecular flexibility index (Phi) is 8.52. The van der Waals surface area contributed by atoms with Gasteiger partial charge in [0.1, 0.15) is 12.4 Å². The molecule has 6 nitrogen and oxygen atoms in total. The van der Waals surface area contributed by atoms with Crippen LogP contribution in [0, 0.1) is 5.82 Å². The van der Waals surface area contributed by atoms with Crippen molar-refractivity contribution in [1.29, 1.82) is 0 Å². The third kappa shape index (κ3) is 5.41. The normalized spacial score (nSPS) is 17.9. The average molecular weight is 599 g/mol. The zero-order valence-electron chi connectivity index (χ0n) is 22.4. The summed E-state index contributed by atoms with van der Waals surface area (Å²) in [5.41, 5.74) is 4.76. The van der Waals surface area contributed by atoms with E-state index in [0.717, 1.165) is 60.2 Å². The molecule has 0 atom stereocenters. The minimum absolute atomic E-state index is 0.0302. The Bertz CT molecular complexity index is 1310. The molecule has 0 saturated heterocycles. The van der Waals surface area contributed by atoms with Crippen molar-refractivity contribution in [3.8, 4) is 11.5 Å². The molecule has 206 valence electrons. The average Bonchev–Trinajstić information content (AvgIpc) is 2.93. The van der Waals surface area contributed by atoms with Crippen molar-refractivity contribution in [3.05, 3.63) is 80.4 Å². The van der Waals surface area contributed by atoms with Gasteiger partial charge in [0.25, 0.3) is 0 Å². The molecule has 2 aliphatic carbocycles. The summed E-state index contributed by atoms with van der Waals surface area (Å²) in [4.78, 5) is 29.3. The second-order valence-electron chi connectivity index (χ2n) is 10.1. The van der Waals surface area contributed by atoms with E-state index in [1.807, 2.05) is 12.1 Å². The maximum atomic E-state index is 14.2. The lowest BCUT2D eigenvalue weighted by molar-refractivity contribution is -0.117. The highest BCUT2D eigenvalue weighted by Gasteiger charge is 2.43. The molecule has 1 aliphatic heterocycles. The van der Waals surface area contributed by atoms with Crippen LogP contribution in [0.4, 0.5) is 4.39 Å². The van der Waals surface area contributed by atoms with Crippen LogP contribution in [0.5, 0.6) is 11.5 Å². The molecule has 0 unspecified atom stereocenters. The van der Waals surface area contributed by atoms with E-state index < -0.39 is 5.92 Å². The SMILES string of the molecule is COCCCN1C2=C(C(=O)CCC2)C(c2cc(Br)c(OCc3ccccc3F)c(OC)c2)C2=C1CCCC2=O. The molecular weight excluding hydrogens is 565 g/mol. The predicted octanol–water partition coefficient (Wildman–Crippen LogP) is 6.63. The summed E-state index contributed by atoms with van der Waals surface area (Å²) in [5, 5.41) is 0. The first-order chi connectivity index (χ1) is 18.9. The summed E-state index contributed by atoms with van der Waals surface area (Å²) >= 11 is 3.63. The van der Waals surface area contributed by atoms with E-state index in [-0.39, 0.29) is 24.0 Å². The number of carbonyl (C=O) groups excluding carboxylic acids is 2. The molecule has 39 heavy (non-hydrogen) atoms. The fourth-order valence-corrected chi connectivity index (χ4v) is 6.57. The fourth-order valence-electron chi connectivity index (χ4n) is 6.00. The van der Waals surface area contributed by atoms with Gasteiger partial charge in [-0.05, 0) is 71.8 Å². The van der Waals surface area contributed by atoms with Gasteiger partial charge in [0, 0.05) is 67.1 Å². The topological polar surface area (TPSA) is 65.1 Å². The number of methoxy groups -OCH3 is 2. The van der Waals surface area contributed by atoms with E-state index >= 15 is 0 Å². The minimum atomic E-state index is -0.458. The van der Waals surface area contributed by atoms with Gasteiger partial charge in [0.2, 0.25) is 0 Å². The third-order valence-corrected chi connectivity index (χ3v) is 8.32. The van der Waals surface area contributed by atoms with Crippen molar-refractivity contribution in [3.63, 3.8) is 0 Å². The van der Waals surface area contributed by atoms with E-state index in [1.165, 1.54) is 6.07 Å². The lowest BCUT2D eigenvalue weighted by Crippen LogP contribution is -2.39. The smallest absolute Gasteiger partial charge is 0.175 e. The maximum Gasteiger partial charge on any atom is 0.175 e. The van der Waals surface area contributed by atoms with Crippen LogP contribution in [-0.2, 0) is 20.9 Å². The van der Waals surface area contributed by atoms with Crippen molar-refractivity contribution in [2.45, 2.75) is 57.5 Å². The molecule has 0 fully saturated rings. The first-order valence-corrected chi connectivity index (χ1v) is 14.3. The van der Waals surface area contributed by atoms with Crippen molar-refractivity contribution in [2.24, 2.45) is 0 Å². The van der Waals surface area contributed by atoms with Gasteiger partial charge < -0.3 is 19.1 Å². The summed E-state index contributed by atoms with van der Waals surface area (Å²) < 4.78 is 31.8. The number of carbonyl (C=O) groups is 2. The standard InChI is InChI=1S/C31H33BrFNO5/c1-37-15-7-14-34-23-10-5-12-25(35)29(23)28(30-24(34)11-6-13-26(30)36)20-16-21(32)31(27(17-20)38-2)39-18-19-8-3-4-9-22(19)33/h3-4,8-9,16-17,28H,5-7,10-15,18H2,1-2H3. The molecule has 8 heteroatoms. The Balaban J connectivity index is 1.58. The summed E-state index contributed by atoms with van der Waals surface area (Å²) in [7, 11) is 3.23. The summed E-state index contributed by atoms with van der Waals surface area (Å²) in [5.74, 6) is 0.284. The van der Waals surface area contributed by atoms with Crippen molar-refractivity contribution >= 4 is 27.5 Å². The molecule has 2 aromatic carbocycles. The molecule has 0 saturated carbocycles. The van der Waals surface area contributed by atoms with Crippen LogP contribution in [0.15, 0.2) is 63.4 Å². The fraction of sp³-hybridized carbons (Fsp3) is 0.419. The van der Waals surface area contributed by atoms with Gasteiger partial charge >= 0.3 is 0 Å². The molecule has 0 radical (unpaired) electrons. The number of ether oxygens (including phenoxy) is 3. The second-order valence-corrected chi connectivity index (χ2v) is 11.0. The quantitative estimate of drug-likeness (QED) is 0.302. The lowest BCUT2D eigenvalue weighted by Gasteiger charge is -2.44. The van der Waals surface area contributed by atoms with Crippen LogP contribution in [0.2, 0.25) is 0 Å². The number of benzene rings is 2. The van der Waals surface area contributed by atoms with Crippen LogP contribution >= 0.6 is 15.9 Å². The summed E-state index contributed by atoms with van der Waals surface area (Å²) in [6.07, 6.45) is 4.97. The van der Waals surface area contributed by atoms with Gasteiger partial charge in [-0.2, -0.15) is 0 Å². The number of rotatable bonds is 9. The zero-order valence-corrected chi connectivity index (χ0v) is 23.9. The number of ketones is 2. The highest BCUT2D eigenvalue weighted by atomic mass is 79.9. The molecule has 0 amide bonds. The second kappa shape index (κ2) is 12.0. The molecule has 0 bridgehead atoms. The molecule has 1 heterocycles. The minimum Gasteiger partial charge on any atom is -0.493 e. The largest absolute Gasteiger partial charge is 0.493 e. The number of hydrogen-bond donors (Lipinski definition) is 0. The Morgan fingerprint density at radius 3 is 2.26 bits per heavy atom. The van der Waals surface area contributed by atoms with Gasteiger partial charge in [-0.25, -0.2) is 4.39 Å². The number of Topliss-reactive ketones (excluding diaryl/α,β-unsaturated/α-hetero) is 2. The van der Waals surface area contributed by atoms with Gasteiger partial charge in [-0.15, -0.1) is 0 Å². The number of hydrogen-bond acceptors (Lipinski definition) is 6. The number of halogens is 2. The molecule has 3 aliphatic rings. The van der Waals surface area contributed by atoms with E-state index in [4.69, 9.17) is 14.2 Å². The van der Waals surface area contributed by atoms with Crippen LogP contribution in [0.25, 0.3) is 0 Å². The molecule has 0 aromatic heterocycles. The Morgan fingerprint density at radius 1 is 0.974 bits per heavy atom. The Labute approximate surface area is 236 Å². The van der Waals surface area contributed by atoms with Crippen LogP contribution < -0.4 is 9.47 Å². The maximum absolute atomic E-state index is 14.2. The number of allylic oxidation sites excluding steroid dienone is 4. The summed E-state index contributed by atoms with van der Waals surface area (Å²) in [6, 6.07) is 10.2. The molecule has 5 rings (SSSR count). The highest BCUT2D eigenvalue weighted by Crippen LogP contribution is 2.51. The Hall–Kier alpha value is -2.97. The van der Waals surface area contributed by atoms with Crippen molar-refractivity contribution in [1.82, 2.24) is 4.90 Å². The predicted molar refractivity (Wildman–Crippen MR) is 149 cm³/mol. The van der Waals surface area contributed by atoms with E-state index in [9.17, 15) is 14.0 Å². The van der Waals surface area contributed by atoms with Crippen molar-refractivity contribution < 1.29 is 28.2 Å². The van der Waals surface area contributed by atoms with E-state index in [1.54, 1.807) is 32.4 Å². The van der Waals surface area contributed by atoms with Crippen molar-refractivity contribution in [2.75, 3.05) is 27.4 Å². The Morgan fingerprint density at radius 2 is 1.64 bits per heavy atom. The van der Waals surface area contributed by atoms with E-state index in [2.05, 4.69) is 20.8 Å². The lowest BCUT2D eigenvalue weighted by atomic mass is 9.71. The van der Waals surface area contributed by atoms with Gasteiger partial charge in [0.05, 0.1) is 11.6 Å². The molecular formula is C31H33BrFNO5. The van der Waals surface area contributed by atoms with Crippen LogP contribution in [-0.4, -0.2) is 43.8 Å². The van der Waals surface area contributed by atoms with E-state index in [0.29, 0.717) is 47.5 Å². The molecule has 0 N–H and O–H groups in total. The highest BCUT2D eigenvalue weighted by molar-refractivity contribution is 9.10. The monoisotopic (exact) mass is 597 g/mol. The van der Waals surface area contributed by atoms with Crippen LogP contribution in [0.1, 0.15) is 62.0 Å². The van der Waals surface area contributed by atoms with Crippen LogP contribution in [0.3, 0.4) is 0 Å². The molecule has 0 spiro atoms. The van der Waals surface area contributed by atoms with Gasteiger partial charge in [-0.1, -0.05) is 18.2 Å². The third-order valence-electron chi connectivity index (χ3n) is 7.73. The first-order valence-electron chi connectivity index (χ1n) is 13.5.